The Kier molecular flexibility index (Phi) is 7.12. The van der Waals surface area contributed by atoms with Gasteiger partial charge in [0.1, 0.15) is 11.6 Å². The maximum absolute atomic E-state index is 11.8. The van der Waals surface area contributed by atoms with Crippen LogP contribution in [0.3, 0.4) is 0 Å². The summed E-state index contributed by atoms with van der Waals surface area (Å²) in [5, 5.41) is 20.1. The quantitative estimate of drug-likeness (QED) is 0.295. The number of thioether (sulfide) groups is 1. The van der Waals surface area contributed by atoms with E-state index in [2.05, 4.69) is 19.2 Å². The van der Waals surface area contributed by atoms with Crippen molar-refractivity contribution in [2.24, 2.45) is 11.7 Å². The Labute approximate surface area is 163 Å². The fourth-order valence-electron chi connectivity index (χ4n) is 2.44. The van der Waals surface area contributed by atoms with E-state index in [0.717, 1.165) is 10.6 Å². The molecule has 0 amide bonds. The highest BCUT2D eigenvalue weighted by atomic mass is 32.2. The van der Waals surface area contributed by atoms with E-state index in [-0.39, 0.29) is 5.84 Å². The van der Waals surface area contributed by atoms with Gasteiger partial charge in [-0.05, 0) is 54.1 Å². The second kappa shape index (κ2) is 9.32. The van der Waals surface area contributed by atoms with Crippen molar-refractivity contribution in [1.29, 1.82) is 5.41 Å². The number of carbonyl (C=O) groups is 1. The molecule has 7 heteroatoms. The van der Waals surface area contributed by atoms with E-state index < -0.39 is 12.0 Å². The summed E-state index contributed by atoms with van der Waals surface area (Å²) in [7, 11) is 0. The third-order valence-corrected chi connectivity index (χ3v) is 4.61. The van der Waals surface area contributed by atoms with Crippen molar-refractivity contribution >= 4 is 29.3 Å². The molecule has 1 atom stereocenters. The number of anilines is 1. The highest BCUT2D eigenvalue weighted by Crippen LogP contribution is 2.32. The first-order valence-electron chi connectivity index (χ1n) is 8.56. The van der Waals surface area contributed by atoms with E-state index in [0.29, 0.717) is 29.3 Å². The van der Waals surface area contributed by atoms with Crippen LogP contribution < -0.4 is 15.8 Å². The summed E-state index contributed by atoms with van der Waals surface area (Å²) in [6.07, 6.45) is 1.94. The maximum atomic E-state index is 11.8. The van der Waals surface area contributed by atoms with Crippen LogP contribution in [0.2, 0.25) is 0 Å². The van der Waals surface area contributed by atoms with Crippen LogP contribution in [0.15, 0.2) is 47.4 Å². The van der Waals surface area contributed by atoms with Crippen LogP contribution in [0.1, 0.15) is 31.0 Å². The normalized spacial score (nSPS) is 11.9. The number of amidine groups is 1. The lowest BCUT2D eigenvalue weighted by Gasteiger charge is -2.19. The Morgan fingerprint density at radius 2 is 1.93 bits per heavy atom. The molecule has 0 heterocycles. The lowest BCUT2D eigenvalue weighted by Crippen LogP contribution is -2.21. The number of aliphatic carboxylic acids is 1. The minimum atomic E-state index is -0.978. The van der Waals surface area contributed by atoms with Gasteiger partial charge in [0.25, 0.3) is 0 Å². The lowest BCUT2D eigenvalue weighted by atomic mass is 10.1. The number of nitrogens with two attached hydrogens (primary N) is 1. The van der Waals surface area contributed by atoms with Crippen LogP contribution in [-0.2, 0) is 4.79 Å². The highest BCUT2D eigenvalue weighted by molar-refractivity contribution is 7.98. The van der Waals surface area contributed by atoms with E-state index in [1.54, 1.807) is 30.3 Å². The Morgan fingerprint density at radius 1 is 1.26 bits per heavy atom. The second-order valence-corrected chi connectivity index (χ2v) is 7.37. The third kappa shape index (κ3) is 5.65. The van der Waals surface area contributed by atoms with Gasteiger partial charge in [-0.3, -0.25) is 5.41 Å². The van der Waals surface area contributed by atoms with Gasteiger partial charge in [-0.25, -0.2) is 4.79 Å². The Morgan fingerprint density at radius 3 is 2.44 bits per heavy atom. The van der Waals surface area contributed by atoms with Crippen molar-refractivity contribution in [3.05, 3.63) is 53.6 Å². The fraction of sp³-hybridized carbons (Fsp3) is 0.300. The smallest absolute Gasteiger partial charge is 0.330 e. The van der Waals surface area contributed by atoms with Gasteiger partial charge in [0.05, 0.1) is 6.61 Å². The molecule has 2 rings (SSSR count). The van der Waals surface area contributed by atoms with Crippen molar-refractivity contribution < 1.29 is 14.6 Å². The van der Waals surface area contributed by atoms with Crippen LogP contribution in [0.25, 0.3) is 0 Å². The van der Waals surface area contributed by atoms with Crippen molar-refractivity contribution in [1.82, 2.24) is 0 Å². The largest absolute Gasteiger partial charge is 0.492 e. The molecular weight excluding hydrogens is 362 g/mol. The van der Waals surface area contributed by atoms with Gasteiger partial charge in [0.15, 0.2) is 6.04 Å². The molecule has 5 N–H and O–H groups in total. The average molecular weight is 388 g/mol. The number of rotatable bonds is 9. The SMILES string of the molecule is CSc1cc(C(Nc2ccc(C(=N)N)cc2)C(=O)O)ccc1OCC(C)C. The zero-order valence-corrected chi connectivity index (χ0v) is 16.5. The molecule has 0 bridgehead atoms. The lowest BCUT2D eigenvalue weighted by molar-refractivity contribution is -0.138. The summed E-state index contributed by atoms with van der Waals surface area (Å²) < 4.78 is 5.82. The Bertz CT molecular complexity index is 807. The minimum Gasteiger partial charge on any atom is -0.492 e. The van der Waals surface area contributed by atoms with Gasteiger partial charge >= 0.3 is 5.97 Å². The summed E-state index contributed by atoms with van der Waals surface area (Å²) in [4.78, 5) is 12.7. The molecular formula is C20H25N3O3S. The van der Waals surface area contributed by atoms with Crippen LogP contribution in [0.4, 0.5) is 5.69 Å². The van der Waals surface area contributed by atoms with Gasteiger partial charge in [-0.1, -0.05) is 19.9 Å². The van der Waals surface area contributed by atoms with E-state index in [9.17, 15) is 9.90 Å². The molecule has 0 saturated heterocycles. The summed E-state index contributed by atoms with van der Waals surface area (Å²) in [5.41, 5.74) is 7.31. The molecule has 0 aliphatic carbocycles. The summed E-state index contributed by atoms with van der Waals surface area (Å²) in [6, 6.07) is 11.3. The summed E-state index contributed by atoms with van der Waals surface area (Å²) in [5.74, 6) is 0.159. The molecule has 2 aromatic rings. The number of hydrogen-bond acceptors (Lipinski definition) is 5. The van der Waals surface area contributed by atoms with Gasteiger partial charge in [-0.15, -0.1) is 11.8 Å². The monoisotopic (exact) mass is 387 g/mol. The van der Waals surface area contributed by atoms with Crippen LogP contribution in [0.5, 0.6) is 5.75 Å². The number of carboxylic acid groups (broad SMARTS) is 1. The average Bonchev–Trinajstić information content (AvgIpc) is 2.64. The van der Waals surface area contributed by atoms with E-state index in [4.69, 9.17) is 15.9 Å². The predicted octanol–water partition coefficient (Wildman–Crippen LogP) is 3.97. The second-order valence-electron chi connectivity index (χ2n) is 6.52. The van der Waals surface area contributed by atoms with Crippen molar-refractivity contribution in [2.75, 3.05) is 18.2 Å². The first kappa shape index (κ1) is 20.6. The summed E-state index contributed by atoms with van der Waals surface area (Å²) >= 11 is 1.52. The molecule has 0 aliphatic heterocycles. The topological polar surface area (TPSA) is 108 Å². The standard InChI is InChI=1S/C20H25N3O3S/c1-12(2)11-26-16-9-6-14(10-17(16)27-3)18(20(24)25)23-15-7-4-13(5-8-15)19(21)22/h4-10,12,18,23H,11H2,1-3H3,(H3,21,22)(H,24,25). The summed E-state index contributed by atoms with van der Waals surface area (Å²) in [6.45, 7) is 4.76. The molecule has 0 aliphatic rings. The van der Waals surface area contributed by atoms with Gasteiger partial charge < -0.3 is 20.9 Å². The zero-order valence-electron chi connectivity index (χ0n) is 15.7. The van der Waals surface area contributed by atoms with Crippen LogP contribution in [-0.4, -0.2) is 29.8 Å². The van der Waals surface area contributed by atoms with E-state index in [1.807, 2.05) is 18.4 Å². The maximum Gasteiger partial charge on any atom is 0.330 e. The van der Waals surface area contributed by atoms with Crippen molar-refractivity contribution in [3.8, 4) is 5.75 Å². The fourth-order valence-corrected chi connectivity index (χ4v) is 3.02. The Balaban J connectivity index is 2.25. The molecule has 0 aromatic heterocycles. The van der Waals surface area contributed by atoms with Gasteiger partial charge in [-0.2, -0.15) is 0 Å². The first-order valence-corrected chi connectivity index (χ1v) is 9.78. The Hall–Kier alpha value is -2.67. The van der Waals surface area contributed by atoms with Gasteiger partial charge in [0.2, 0.25) is 0 Å². The van der Waals surface area contributed by atoms with E-state index >= 15 is 0 Å². The molecule has 0 radical (unpaired) electrons. The zero-order chi connectivity index (χ0) is 20.0. The molecule has 27 heavy (non-hydrogen) atoms. The number of hydrogen-bond donors (Lipinski definition) is 4. The number of nitrogen functional groups attached to an aromatic ring is 1. The van der Waals surface area contributed by atoms with E-state index in [1.165, 1.54) is 11.8 Å². The first-order chi connectivity index (χ1) is 12.8. The van der Waals surface area contributed by atoms with Crippen LogP contribution in [0, 0.1) is 11.3 Å². The number of benzene rings is 2. The molecule has 2 aromatic carbocycles. The number of ether oxygens (including phenoxy) is 1. The van der Waals surface area contributed by atoms with Crippen molar-refractivity contribution in [3.63, 3.8) is 0 Å². The van der Waals surface area contributed by atoms with Crippen LogP contribution >= 0.6 is 11.8 Å². The minimum absolute atomic E-state index is 0.0297. The third-order valence-electron chi connectivity index (χ3n) is 3.85. The molecule has 6 nitrogen and oxygen atoms in total. The number of carboxylic acids is 1. The number of nitrogens with one attached hydrogen (secondary N) is 2. The molecule has 0 spiro atoms. The highest BCUT2D eigenvalue weighted by Gasteiger charge is 2.21. The van der Waals surface area contributed by atoms with Crippen molar-refractivity contribution in [2.45, 2.75) is 24.8 Å². The molecule has 1 unspecified atom stereocenters. The molecule has 144 valence electrons. The van der Waals surface area contributed by atoms with Gasteiger partial charge in [0, 0.05) is 16.1 Å². The molecule has 0 saturated carbocycles. The predicted molar refractivity (Wildman–Crippen MR) is 110 cm³/mol. The molecule has 0 fully saturated rings.